The standard InChI is InChI=1S/C22H21O2P/c1-24-22(23)17-18-25(19-11-5-2-6-12-19,20-13-7-3-8-14-20)21-15-9-4-10-16-21/h2-17H,18H2,1H3/b22-17+. The lowest BCUT2D eigenvalue weighted by Gasteiger charge is -2.27. The fraction of sp³-hybridized carbons (Fsp3) is 0.0909. The van der Waals surface area contributed by atoms with Gasteiger partial charge in [-0.2, -0.15) is 0 Å². The van der Waals surface area contributed by atoms with Gasteiger partial charge < -0.3 is 9.84 Å². The molecule has 0 unspecified atom stereocenters. The summed E-state index contributed by atoms with van der Waals surface area (Å²) in [7, 11) is -0.554. The normalized spacial score (nSPS) is 12.0. The van der Waals surface area contributed by atoms with Gasteiger partial charge in [0.25, 0.3) is 0 Å². The minimum Gasteiger partial charge on any atom is -0.617 e. The Labute approximate surface area is 149 Å². The largest absolute Gasteiger partial charge is 0.617 e. The summed E-state index contributed by atoms with van der Waals surface area (Å²) in [6.07, 6.45) is 2.32. The van der Waals surface area contributed by atoms with E-state index in [9.17, 15) is 5.11 Å². The molecule has 0 saturated carbocycles. The molecule has 0 fully saturated rings. The Kier molecular flexibility index (Phi) is 5.53. The van der Waals surface area contributed by atoms with Crippen molar-refractivity contribution in [1.82, 2.24) is 0 Å². The zero-order chi connectivity index (χ0) is 17.5. The SMILES string of the molecule is CO/C([O-])=C/C[P+](c1ccccc1)(c1ccccc1)c1ccccc1. The van der Waals surface area contributed by atoms with Crippen LogP contribution >= 0.6 is 7.26 Å². The molecule has 0 aromatic heterocycles. The molecular formula is C22H21O2P. The van der Waals surface area contributed by atoms with Gasteiger partial charge in [-0.05, 0) is 49.6 Å². The Morgan fingerprint density at radius 1 is 0.760 bits per heavy atom. The summed E-state index contributed by atoms with van der Waals surface area (Å²) < 4.78 is 4.88. The zero-order valence-electron chi connectivity index (χ0n) is 14.2. The van der Waals surface area contributed by atoms with Crippen molar-refractivity contribution in [2.75, 3.05) is 13.3 Å². The van der Waals surface area contributed by atoms with Crippen LogP contribution < -0.4 is 21.0 Å². The van der Waals surface area contributed by atoms with Gasteiger partial charge in [-0.25, -0.2) is 0 Å². The Morgan fingerprint density at radius 3 is 1.44 bits per heavy atom. The highest BCUT2D eigenvalue weighted by Gasteiger charge is 2.44. The molecule has 3 aromatic rings. The monoisotopic (exact) mass is 348 g/mol. The molecule has 2 nitrogen and oxygen atoms in total. The van der Waals surface area contributed by atoms with Crippen molar-refractivity contribution in [1.29, 1.82) is 0 Å². The molecule has 0 aliphatic heterocycles. The molecule has 3 aromatic carbocycles. The molecular weight excluding hydrogens is 327 g/mol. The molecule has 0 radical (unpaired) electrons. The lowest BCUT2D eigenvalue weighted by molar-refractivity contribution is -0.353. The van der Waals surface area contributed by atoms with Gasteiger partial charge in [0, 0.05) is 0 Å². The van der Waals surface area contributed by atoms with E-state index in [1.165, 1.54) is 23.0 Å². The molecule has 0 bridgehead atoms. The van der Waals surface area contributed by atoms with Crippen molar-refractivity contribution in [2.45, 2.75) is 0 Å². The first-order chi connectivity index (χ1) is 12.3. The van der Waals surface area contributed by atoms with Crippen molar-refractivity contribution < 1.29 is 9.84 Å². The minimum absolute atomic E-state index is 0.285. The third kappa shape index (κ3) is 3.60. The van der Waals surface area contributed by atoms with Gasteiger partial charge in [-0.1, -0.05) is 54.6 Å². The highest BCUT2D eigenvalue weighted by Crippen LogP contribution is 2.55. The highest BCUT2D eigenvalue weighted by atomic mass is 31.2. The van der Waals surface area contributed by atoms with Gasteiger partial charge in [-0.15, -0.1) is 0 Å². The van der Waals surface area contributed by atoms with Crippen molar-refractivity contribution in [3.05, 3.63) is 103 Å². The van der Waals surface area contributed by atoms with Crippen LogP contribution in [0.25, 0.3) is 0 Å². The molecule has 0 aliphatic carbocycles. The molecule has 0 heterocycles. The lowest BCUT2D eigenvalue weighted by Crippen LogP contribution is -2.33. The summed E-state index contributed by atoms with van der Waals surface area (Å²) in [6.45, 7) is 0. The van der Waals surface area contributed by atoms with Crippen molar-refractivity contribution in [3.63, 3.8) is 0 Å². The van der Waals surface area contributed by atoms with E-state index in [1.54, 1.807) is 6.08 Å². The molecule has 0 aliphatic rings. The van der Waals surface area contributed by atoms with E-state index in [4.69, 9.17) is 4.74 Å². The fourth-order valence-corrected chi connectivity index (χ4v) is 7.10. The second-order valence-corrected chi connectivity index (χ2v) is 9.26. The van der Waals surface area contributed by atoms with Crippen LogP contribution in [0.4, 0.5) is 0 Å². The summed E-state index contributed by atoms with van der Waals surface area (Å²) in [5, 5.41) is 15.7. The molecule has 0 atom stereocenters. The molecule has 0 saturated heterocycles. The quantitative estimate of drug-likeness (QED) is 0.507. The second-order valence-electron chi connectivity index (χ2n) is 5.73. The zero-order valence-corrected chi connectivity index (χ0v) is 15.1. The molecule has 0 spiro atoms. The molecule has 0 amide bonds. The van der Waals surface area contributed by atoms with Crippen LogP contribution in [-0.4, -0.2) is 13.3 Å². The van der Waals surface area contributed by atoms with Gasteiger partial charge in [0.05, 0.1) is 12.1 Å². The number of benzene rings is 3. The van der Waals surface area contributed by atoms with Crippen LogP contribution in [0.5, 0.6) is 0 Å². The van der Waals surface area contributed by atoms with Crippen molar-refractivity contribution >= 4 is 23.2 Å². The molecule has 0 N–H and O–H groups in total. The number of rotatable bonds is 6. The van der Waals surface area contributed by atoms with E-state index in [0.29, 0.717) is 6.16 Å². The molecule has 126 valence electrons. The van der Waals surface area contributed by atoms with Gasteiger partial charge >= 0.3 is 0 Å². The average Bonchev–Trinajstić information content (AvgIpc) is 2.71. The maximum absolute atomic E-state index is 11.9. The third-order valence-electron chi connectivity index (χ3n) is 4.32. The smallest absolute Gasteiger partial charge is 0.116 e. The maximum atomic E-state index is 11.9. The topological polar surface area (TPSA) is 32.3 Å². The summed E-state index contributed by atoms with van der Waals surface area (Å²) in [4.78, 5) is 0. The van der Waals surface area contributed by atoms with Crippen LogP contribution in [0.15, 0.2) is 103 Å². The predicted molar refractivity (Wildman–Crippen MR) is 105 cm³/mol. The number of ether oxygens (including phenoxy) is 1. The minimum atomic E-state index is -1.98. The Morgan fingerprint density at radius 2 is 1.12 bits per heavy atom. The van der Waals surface area contributed by atoms with Crippen molar-refractivity contribution in [2.24, 2.45) is 0 Å². The summed E-state index contributed by atoms with van der Waals surface area (Å²) in [6, 6.07) is 31.5. The predicted octanol–water partition coefficient (Wildman–Crippen LogP) is 2.83. The first-order valence-corrected chi connectivity index (χ1v) is 10.2. The maximum Gasteiger partial charge on any atom is 0.116 e. The highest BCUT2D eigenvalue weighted by molar-refractivity contribution is 7.95. The van der Waals surface area contributed by atoms with Crippen LogP contribution in [0.2, 0.25) is 0 Å². The van der Waals surface area contributed by atoms with Crippen LogP contribution in [0, 0.1) is 0 Å². The van der Waals surface area contributed by atoms with E-state index < -0.39 is 7.26 Å². The third-order valence-corrected chi connectivity index (χ3v) is 8.59. The van der Waals surface area contributed by atoms with Gasteiger partial charge in [-0.3, -0.25) is 0 Å². The number of hydrogen-bond donors (Lipinski definition) is 0. The Balaban J connectivity index is 2.27. The Hall–Kier alpha value is -2.57. The van der Waals surface area contributed by atoms with E-state index in [-0.39, 0.29) is 5.95 Å². The first kappa shape index (κ1) is 17.3. The summed E-state index contributed by atoms with van der Waals surface area (Å²) in [5.41, 5.74) is 0. The van der Waals surface area contributed by atoms with Crippen molar-refractivity contribution in [3.8, 4) is 0 Å². The second kappa shape index (κ2) is 8.00. The molecule has 25 heavy (non-hydrogen) atoms. The van der Waals surface area contributed by atoms with Crippen LogP contribution in [-0.2, 0) is 4.74 Å². The van der Waals surface area contributed by atoms with Crippen LogP contribution in [0.3, 0.4) is 0 Å². The van der Waals surface area contributed by atoms with Gasteiger partial charge in [0.15, 0.2) is 0 Å². The number of methoxy groups -OCH3 is 1. The van der Waals surface area contributed by atoms with E-state index in [2.05, 4.69) is 72.8 Å². The Bertz CT molecular complexity index is 718. The van der Waals surface area contributed by atoms with Gasteiger partial charge in [0.2, 0.25) is 0 Å². The van der Waals surface area contributed by atoms with E-state index in [1.807, 2.05) is 18.2 Å². The first-order valence-electron chi connectivity index (χ1n) is 8.23. The number of allylic oxidation sites excluding steroid dienone is 1. The number of hydrogen-bond acceptors (Lipinski definition) is 2. The average molecular weight is 348 g/mol. The van der Waals surface area contributed by atoms with Gasteiger partial charge in [0.1, 0.15) is 23.2 Å². The summed E-state index contributed by atoms with van der Waals surface area (Å²) in [5.74, 6) is -0.285. The molecule has 3 heteroatoms. The van der Waals surface area contributed by atoms with E-state index >= 15 is 0 Å². The fourth-order valence-electron chi connectivity index (χ4n) is 3.11. The lowest BCUT2D eigenvalue weighted by atomic mass is 10.4. The molecule has 3 rings (SSSR count). The van der Waals surface area contributed by atoms with Crippen LogP contribution in [0.1, 0.15) is 0 Å². The van der Waals surface area contributed by atoms with E-state index in [0.717, 1.165) is 0 Å². The summed E-state index contributed by atoms with van der Waals surface area (Å²) >= 11 is 0.